The maximum atomic E-state index is 13.1. The molecule has 2 aliphatic heterocycles. The van der Waals surface area contributed by atoms with Crippen molar-refractivity contribution in [2.45, 2.75) is 18.5 Å². The lowest BCUT2D eigenvalue weighted by Crippen LogP contribution is -2.37. The number of anilines is 1. The Hall–Kier alpha value is -3.29. The molecule has 0 N–H and O–H groups in total. The van der Waals surface area contributed by atoms with Gasteiger partial charge in [-0.2, -0.15) is 13.2 Å². The molecule has 0 spiro atoms. The second kappa shape index (κ2) is 6.95. The van der Waals surface area contributed by atoms with E-state index in [4.69, 9.17) is 9.47 Å². The highest BCUT2D eigenvalue weighted by Crippen LogP contribution is 2.43. The number of cyclic esters (lactones) is 1. The lowest BCUT2D eigenvalue weighted by atomic mass is 9.84. The molecule has 1 amide bonds. The van der Waals surface area contributed by atoms with Crippen LogP contribution in [-0.4, -0.2) is 25.6 Å². The summed E-state index contributed by atoms with van der Waals surface area (Å²) in [5.74, 6) is -0.958. The molecule has 0 saturated carbocycles. The fraction of sp³-hybridized carbons (Fsp3) is 0.238. The highest BCUT2D eigenvalue weighted by Gasteiger charge is 2.43. The SMILES string of the molecule is COc1cccc([C@H]2CC(=O)N(c3cccc(C(F)(F)F)c3)C3=C2C(=O)OC3)c1. The number of methoxy groups -OCH3 is 1. The Kier molecular flexibility index (Phi) is 4.56. The van der Waals surface area contributed by atoms with Gasteiger partial charge in [-0.15, -0.1) is 0 Å². The van der Waals surface area contributed by atoms with Crippen LogP contribution in [0, 0.1) is 0 Å². The highest BCUT2D eigenvalue weighted by molar-refractivity contribution is 6.06. The normalized spacial score (nSPS) is 19.3. The molecule has 2 heterocycles. The average Bonchev–Trinajstić information content (AvgIpc) is 3.08. The zero-order valence-corrected chi connectivity index (χ0v) is 15.3. The zero-order chi connectivity index (χ0) is 20.8. The van der Waals surface area contributed by atoms with Crippen molar-refractivity contribution in [3.05, 3.63) is 70.9 Å². The number of nitrogens with zero attached hydrogens (tertiary/aromatic N) is 1. The molecule has 0 saturated heterocycles. The second-order valence-corrected chi connectivity index (χ2v) is 6.75. The molecule has 0 aliphatic carbocycles. The van der Waals surface area contributed by atoms with Crippen molar-refractivity contribution in [1.29, 1.82) is 0 Å². The van der Waals surface area contributed by atoms with Crippen molar-refractivity contribution in [3.8, 4) is 5.75 Å². The molecule has 0 bridgehead atoms. The first kappa shape index (κ1) is 19.0. The fourth-order valence-corrected chi connectivity index (χ4v) is 3.72. The third-order valence-electron chi connectivity index (χ3n) is 5.05. The number of amides is 1. The molecule has 2 aromatic carbocycles. The Bertz CT molecular complexity index is 1030. The van der Waals surface area contributed by atoms with Crippen LogP contribution < -0.4 is 9.64 Å². The van der Waals surface area contributed by atoms with Crippen LogP contribution in [0.5, 0.6) is 5.75 Å². The molecule has 1 atom stereocenters. The van der Waals surface area contributed by atoms with Crippen LogP contribution in [0.15, 0.2) is 59.8 Å². The molecule has 0 aromatic heterocycles. The quantitative estimate of drug-likeness (QED) is 0.726. The number of carbonyl (C=O) groups is 2. The predicted molar refractivity (Wildman–Crippen MR) is 97.3 cm³/mol. The van der Waals surface area contributed by atoms with Gasteiger partial charge in [0, 0.05) is 18.0 Å². The summed E-state index contributed by atoms with van der Waals surface area (Å²) in [7, 11) is 1.51. The van der Waals surface area contributed by atoms with Gasteiger partial charge in [-0.05, 0) is 35.9 Å². The molecule has 2 aliphatic rings. The summed E-state index contributed by atoms with van der Waals surface area (Å²) in [6, 6.07) is 11.5. The van der Waals surface area contributed by atoms with E-state index >= 15 is 0 Å². The van der Waals surface area contributed by atoms with Gasteiger partial charge in [0.1, 0.15) is 12.4 Å². The van der Waals surface area contributed by atoms with E-state index in [0.29, 0.717) is 11.3 Å². The van der Waals surface area contributed by atoms with Crippen LogP contribution in [0.25, 0.3) is 0 Å². The van der Waals surface area contributed by atoms with E-state index in [0.717, 1.165) is 17.0 Å². The van der Waals surface area contributed by atoms with Crippen molar-refractivity contribution in [3.63, 3.8) is 0 Å². The van der Waals surface area contributed by atoms with E-state index in [1.54, 1.807) is 24.3 Å². The smallest absolute Gasteiger partial charge is 0.416 e. The first-order valence-corrected chi connectivity index (χ1v) is 8.84. The number of benzene rings is 2. The van der Waals surface area contributed by atoms with E-state index in [2.05, 4.69) is 0 Å². The fourth-order valence-electron chi connectivity index (χ4n) is 3.72. The van der Waals surface area contributed by atoms with Gasteiger partial charge in [-0.1, -0.05) is 18.2 Å². The minimum atomic E-state index is -4.54. The Morgan fingerprint density at radius 3 is 2.59 bits per heavy atom. The van der Waals surface area contributed by atoms with Crippen LogP contribution >= 0.6 is 0 Å². The van der Waals surface area contributed by atoms with E-state index in [1.165, 1.54) is 19.2 Å². The van der Waals surface area contributed by atoms with Gasteiger partial charge in [0.25, 0.3) is 0 Å². The number of hydrogen-bond donors (Lipinski definition) is 0. The van der Waals surface area contributed by atoms with Gasteiger partial charge in [0.05, 0.1) is 23.9 Å². The van der Waals surface area contributed by atoms with Crippen molar-refractivity contribution in [2.75, 3.05) is 18.6 Å². The highest BCUT2D eigenvalue weighted by atomic mass is 19.4. The number of esters is 1. The minimum Gasteiger partial charge on any atom is -0.497 e. The molecule has 29 heavy (non-hydrogen) atoms. The molecule has 0 fully saturated rings. The van der Waals surface area contributed by atoms with E-state index in [1.807, 2.05) is 0 Å². The van der Waals surface area contributed by atoms with Crippen molar-refractivity contribution < 1.29 is 32.2 Å². The molecule has 2 aromatic rings. The molecule has 5 nitrogen and oxygen atoms in total. The first-order valence-electron chi connectivity index (χ1n) is 8.84. The van der Waals surface area contributed by atoms with E-state index in [-0.39, 0.29) is 30.0 Å². The van der Waals surface area contributed by atoms with Gasteiger partial charge in [0.2, 0.25) is 5.91 Å². The van der Waals surface area contributed by atoms with Crippen LogP contribution in [0.3, 0.4) is 0 Å². The van der Waals surface area contributed by atoms with Crippen LogP contribution in [-0.2, 0) is 20.5 Å². The number of rotatable bonds is 3. The van der Waals surface area contributed by atoms with Gasteiger partial charge in [0.15, 0.2) is 0 Å². The third kappa shape index (κ3) is 3.35. The van der Waals surface area contributed by atoms with Gasteiger partial charge >= 0.3 is 12.1 Å². The number of halogens is 3. The lowest BCUT2D eigenvalue weighted by Gasteiger charge is -2.32. The van der Waals surface area contributed by atoms with Gasteiger partial charge in [-0.25, -0.2) is 4.79 Å². The van der Waals surface area contributed by atoms with Crippen molar-refractivity contribution in [1.82, 2.24) is 0 Å². The maximum Gasteiger partial charge on any atom is 0.416 e. The van der Waals surface area contributed by atoms with Crippen molar-refractivity contribution in [2.24, 2.45) is 0 Å². The first-order chi connectivity index (χ1) is 13.8. The summed E-state index contributed by atoms with van der Waals surface area (Å²) in [6.07, 6.45) is -4.62. The third-order valence-corrected chi connectivity index (χ3v) is 5.05. The molecular weight excluding hydrogens is 387 g/mol. The van der Waals surface area contributed by atoms with Crippen LogP contribution in [0.2, 0.25) is 0 Å². The number of alkyl halides is 3. The standard InChI is InChI=1S/C21H16F3NO4/c1-28-15-7-2-4-12(8-15)16-10-18(26)25(17-11-29-20(27)19(16)17)14-6-3-5-13(9-14)21(22,23)24/h2-9,16H,10-11H2,1H3/t16-/m1/s1. The second-order valence-electron chi connectivity index (χ2n) is 6.75. The minimum absolute atomic E-state index is 0.0553. The monoisotopic (exact) mass is 403 g/mol. The van der Waals surface area contributed by atoms with Crippen molar-refractivity contribution >= 4 is 17.6 Å². The summed E-state index contributed by atoms with van der Waals surface area (Å²) in [5.41, 5.74) is 0.450. The summed E-state index contributed by atoms with van der Waals surface area (Å²) in [5, 5.41) is 0. The molecule has 0 radical (unpaired) electrons. The zero-order valence-electron chi connectivity index (χ0n) is 15.3. The summed E-state index contributed by atoms with van der Waals surface area (Å²) < 4.78 is 49.7. The number of carbonyl (C=O) groups excluding carboxylic acids is 2. The van der Waals surface area contributed by atoms with Crippen LogP contribution in [0.4, 0.5) is 18.9 Å². The molecular formula is C21H16F3NO4. The summed E-state index contributed by atoms with van der Waals surface area (Å²) in [6.45, 7) is -0.170. The lowest BCUT2D eigenvalue weighted by molar-refractivity contribution is -0.138. The summed E-state index contributed by atoms with van der Waals surface area (Å²) in [4.78, 5) is 26.5. The van der Waals surface area contributed by atoms with E-state index < -0.39 is 29.5 Å². The Morgan fingerprint density at radius 2 is 1.86 bits per heavy atom. The average molecular weight is 403 g/mol. The maximum absolute atomic E-state index is 13.1. The van der Waals surface area contributed by atoms with Gasteiger partial charge in [-0.3, -0.25) is 9.69 Å². The largest absolute Gasteiger partial charge is 0.497 e. The summed E-state index contributed by atoms with van der Waals surface area (Å²) >= 11 is 0. The topological polar surface area (TPSA) is 55.8 Å². The number of ether oxygens (including phenoxy) is 2. The molecule has 8 heteroatoms. The molecule has 150 valence electrons. The molecule has 0 unspecified atom stereocenters. The Balaban J connectivity index is 1.81. The Labute approximate surface area is 164 Å². The van der Waals surface area contributed by atoms with E-state index in [9.17, 15) is 22.8 Å². The Morgan fingerprint density at radius 1 is 1.10 bits per heavy atom. The van der Waals surface area contributed by atoms with Gasteiger partial charge < -0.3 is 9.47 Å². The number of hydrogen-bond acceptors (Lipinski definition) is 4. The van der Waals surface area contributed by atoms with Crippen LogP contribution in [0.1, 0.15) is 23.5 Å². The molecule has 4 rings (SSSR count). The predicted octanol–water partition coefficient (Wildman–Crippen LogP) is 4.05.